The first kappa shape index (κ1) is 59.1. The van der Waals surface area contributed by atoms with Crippen molar-refractivity contribution in [2.75, 3.05) is 13.2 Å². The maximum Gasteiger partial charge on any atom is 0.310 e. The van der Waals surface area contributed by atoms with E-state index in [1.54, 1.807) is 6.08 Å². The molecule has 63 heavy (non-hydrogen) atoms. The molecule has 0 rings (SSSR count). The van der Waals surface area contributed by atoms with Crippen molar-refractivity contribution in [3.8, 4) is 0 Å². The summed E-state index contributed by atoms with van der Waals surface area (Å²) >= 11 is 0. The van der Waals surface area contributed by atoms with E-state index in [1.165, 1.54) is 64.2 Å². The lowest BCUT2D eigenvalue weighted by Gasteiger charge is -2.18. The van der Waals surface area contributed by atoms with Crippen molar-refractivity contribution in [3.63, 3.8) is 0 Å². The lowest BCUT2D eigenvalue weighted by atomic mass is 10.1. The quantitative estimate of drug-likeness (QED) is 0.0263. The van der Waals surface area contributed by atoms with Crippen LogP contribution in [-0.4, -0.2) is 37.2 Å². The second-order valence-corrected chi connectivity index (χ2v) is 16.3. The van der Waals surface area contributed by atoms with Gasteiger partial charge in [-0.3, -0.25) is 14.4 Å². The average Bonchev–Trinajstić information content (AvgIpc) is 3.28. The summed E-state index contributed by atoms with van der Waals surface area (Å²) in [6.07, 6.45) is 68.1. The van der Waals surface area contributed by atoms with Crippen molar-refractivity contribution >= 4 is 17.9 Å². The van der Waals surface area contributed by atoms with E-state index in [4.69, 9.17) is 14.2 Å². The molecule has 0 aliphatic carbocycles. The molecule has 0 N–H and O–H groups in total. The number of hydrogen-bond acceptors (Lipinski definition) is 6. The molecule has 0 saturated heterocycles. The van der Waals surface area contributed by atoms with Crippen LogP contribution in [0, 0.1) is 0 Å². The molecule has 0 heterocycles. The van der Waals surface area contributed by atoms with E-state index in [1.807, 2.05) is 6.08 Å². The Hall–Kier alpha value is -3.93. The molecule has 0 aromatic carbocycles. The fourth-order valence-electron chi connectivity index (χ4n) is 6.53. The van der Waals surface area contributed by atoms with E-state index in [9.17, 15) is 14.4 Å². The zero-order chi connectivity index (χ0) is 45.8. The molecule has 356 valence electrons. The molecule has 6 heteroatoms. The van der Waals surface area contributed by atoms with E-state index in [-0.39, 0.29) is 31.6 Å². The van der Waals surface area contributed by atoms with Crippen LogP contribution in [-0.2, 0) is 28.6 Å². The van der Waals surface area contributed by atoms with Crippen LogP contribution < -0.4 is 0 Å². The predicted octanol–water partition coefficient (Wildman–Crippen LogP) is 16.8. The zero-order valence-electron chi connectivity index (χ0n) is 40.5. The highest BCUT2D eigenvalue weighted by atomic mass is 16.6. The average molecular weight is 873 g/mol. The Labute approximate surface area is 387 Å². The fourth-order valence-corrected chi connectivity index (χ4v) is 6.53. The normalized spacial score (nSPS) is 13.0. The standard InChI is InChI=1S/C57H92O6/c1-4-7-10-13-16-19-22-25-27-28-30-32-35-38-41-44-47-50-56(59)62-53-54(52-61-55(58)49-46-43-40-37-34-31-24-21-18-15-12-9-6-3)63-57(60)51-48-45-42-39-36-33-29-26-23-20-17-14-11-8-5-2/h7-8,10-11,16-17,19-21,24-27,29,36,39,45,48,54H,4-6,9,12-15,18,22-23,28,30-35,37-38,40-44,46-47,49-53H2,1-3H3/b10-7-,11-8-,19-16-,20-17-,24-21-,27-25-,29-26-,39-36-,48-45-. The van der Waals surface area contributed by atoms with Crippen LogP contribution in [0.5, 0.6) is 0 Å². The lowest BCUT2D eigenvalue weighted by molar-refractivity contribution is -0.166. The van der Waals surface area contributed by atoms with Gasteiger partial charge in [-0.25, -0.2) is 0 Å². The van der Waals surface area contributed by atoms with Crippen molar-refractivity contribution in [2.45, 2.75) is 219 Å². The highest BCUT2D eigenvalue weighted by Crippen LogP contribution is 2.13. The number of ether oxygens (including phenoxy) is 3. The van der Waals surface area contributed by atoms with Crippen molar-refractivity contribution in [1.82, 2.24) is 0 Å². The van der Waals surface area contributed by atoms with Gasteiger partial charge in [0, 0.05) is 12.8 Å². The molecule has 1 atom stereocenters. The van der Waals surface area contributed by atoms with Gasteiger partial charge >= 0.3 is 17.9 Å². The first-order valence-electron chi connectivity index (χ1n) is 25.4. The third kappa shape index (κ3) is 49.0. The molecule has 0 saturated carbocycles. The molecule has 6 nitrogen and oxygen atoms in total. The minimum atomic E-state index is -0.841. The molecule has 0 amide bonds. The second-order valence-electron chi connectivity index (χ2n) is 16.3. The minimum absolute atomic E-state index is 0.0897. The maximum atomic E-state index is 12.7. The van der Waals surface area contributed by atoms with Gasteiger partial charge in [-0.2, -0.15) is 0 Å². The van der Waals surface area contributed by atoms with Crippen LogP contribution in [0.25, 0.3) is 0 Å². The van der Waals surface area contributed by atoms with E-state index in [0.29, 0.717) is 19.3 Å². The van der Waals surface area contributed by atoms with Crippen LogP contribution in [0.1, 0.15) is 213 Å². The number of carbonyl (C=O) groups is 3. The largest absolute Gasteiger partial charge is 0.462 e. The molecule has 1 unspecified atom stereocenters. The first-order chi connectivity index (χ1) is 31.0. The second kappa shape index (κ2) is 50.7. The molecule has 0 aromatic rings. The zero-order valence-corrected chi connectivity index (χ0v) is 40.5. The number of esters is 3. The molecule has 0 radical (unpaired) electrons. The number of allylic oxidation sites excluding steroid dienone is 17. The fraction of sp³-hybridized carbons (Fsp3) is 0.632. The van der Waals surface area contributed by atoms with Gasteiger partial charge in [0.05, 0.1) is 6.42 Å². The van der Waals surface area contributed by atoms with Gasteiger partial charge in [0.25, 0.3) is 0 Å². The third-order valence-electron chi connectivity index (χ3n) is 10.3. The summed E-state index contributed by atoms with van der Waals surface area (Å²) in [5, 5.41) is 0. The Bertz CT molecular complexity index is 1330. The summed E-state index contributed by atoms with van der Waals surface area (Å²) in [6.45, 7) is 6.28. The highest BCUT2D eigenvalue weighted by molar-refractivity contribution is 5.72. The van der Waals surface area contributed by atoms with Gasteiger partial charge in [-0.1, -0.05) is 201 Å². The topological polar surface area (TPSA) is 78.9 Å². The molecule has 0 spiro atoms. The maximum absolute atomic E-state index is 12.7. The third-order valence-corrected chi connectivity index (χ3v) is 10.3. The van der Waals surface area contributed by atoms with Crippen molar-refractivity contribution in [1.29, 1.82) is 0 Å². The number of rotatable bonds is 44. The molecule has 0 aliphatic heterocycles. The SMILES string of the molecule is CC/C=C\C/C=C\C/C=C\C/C=C\C/C=C\CC(=O)OC(COC(=O)CCCCCCC/C=C\CCCCCC)COC(=O)CCCCCCCCC/C=C\C/C=C\C/C=C\CC. The summed E-state index contributed by atoms with van der Waals surface area (Å²) in [7, 11) is 0. The molecule has 0 fully saturated rings. The summed E-state index contributed by atoms with van der Waals surface area (Å²) in [5.41, 5.74) is 0. The van der Waals surface area contributed by atoms with E-state index in [0.717, 1.165) is 103 Å². The van der Waals surface area contributed by atoms with E-state index < -0.39 is 12.1 Å². The Morgan fingerprint density at radius 2 is 0.667 bits per heavy atom. The highest BCUT2D eigenvalue weighted by Gasteiger charge is 2.19. The van der Waals surface area contributed by atoms with Crippen LogP contribution in [0.15, 0.2) is 109 Å². The van der Waals surface area contributed by atoms with Gasteiger partial charge in [0.1, 0.15) is 13.2 Å². The summed E-state index contributed by atoms with van der Waals surface area (Å²) in [6, 6.07) is 0. The van der Waals surface area contributed by atoms with Gasteiger partial charge in [0.2, 0.25) is 0 Å². The van der Waals surface area contributed by atoms with Crippen LogP contribution >= 0.6 is 0 Å². The Morgan fingerprint density at radius 3 is 1.06 bits per heavy atom. The predicted molar refractivity (Wildman–Crippen MR) is 270 cm³/mol. The summed E-state index contributed by atoms with van der Waals surface area (Å²) < 4.78 is 16.7. The van der Waals surface area contributed by atoms with Crippen LogP contribution in [0.3, 0.4) is 0 Å². The van der Waals surface area contributed by atoms with Crippen molar-refractivity contribution in [2.24, 2.45) is 0 Å². The Morgan fingerprint density at radius 1 is 0.349 bits per heavy atom. The van der Waals surface area contributed by atoms with Crippen molar-refractivity contribution < 1.29 is 28.6 Å². The molecular weight excluding hydrogens is 781 g/mol. The smallest absolute Gasteiger partial charge is 0.310 e. The first-order valence-corrected chi connectivity index (χ1v) is 25.4. The lowest BCUT2D eigenvalue weighted by Crippen LogP contribution is -2.30. The van der Waals surface area contributed by atoms with Gasteiger partial charge in [-0.15, -0.1) is 0 Å². The Balaban J connectivity index is 4.54. The monoisotopic (exact) mass is 873 g/mol. The minimum Gasteiger partial charge on any atom is -0.462 e. The number of carbonyl (C=O) groups excluding carboxylic acids is 3. The van der Waals surface area contributed by atoms with Gasteiger partial charge < -0.3 is 14.2 Å². The van der Waals surface area contributed by atoms with Crippen LogP contribution in [0.4, 0.5) is 0 Å². The van der Waals surface area contributed by atoms with E-state index in [2.05, 4.69) is 118 Å². The van der Waals surface area contributed by atoms with Crippen molar-refractivity contribution in [3.05, 3.63) is 109 Å². The summed E-state index contributed by atoms with van der Waals surface area (Å²) in [5.74, 6) is -1.08. The molecular formula is C57H92O6. The van der Waals surface area contributed by atoms with E-state index >= 15 is 0 Å². The van der Waals surface area contributed by atoms with Gasteiger partial charge in [-0.05, 0) is 103 Å². The van der Waals surface area contributed by atoms with Gasteiger partial charge in [0.15, 0.2) is 6.10 Å². The number of hydrogen-bond donors (Lipinski definition) is 0. The van der Waals surface area contributed by atoms with Crippen LogP contribution in [0.2, 0.25) is 0 Å². The Kier molecular flexibility index (Phi) is 47.5. The molecule has 0 bridgehead atoms. The number of unbranched alkanes of at least 4 members (excludes halogenated alkanes) is 16. The summed E-state index contributed by atoms with van der Waals surface area (Å²) in [4.78, 5) is 37.9. The molecule has 0 aliphatic rings. The molecule has 0 aromatic heterocycles.